The Morgan fingerprint density at radius 3 is 2.89 bits per heavy atom. The average molecular weight is 279 g/mol. The molecule has 0 saturated carbocycles. The van der Waals surface area contributed by atoms with Crippen LogP contribution in [0.2, 0.25) is 5.02 Å². The smallest absolute Gasteiger partial charge is 0.251 e. The third kappa shape index (κ3) is 3.26. The number of nitrogens with zero attached hydrogens (tertiary/aromatic N) is 2. The molecule has 0 fully saturated rings. The molecule has 0 aliphatic carbocycles. The minimum absolute atomic E-state index is 0.163. The number of aromatic nitrogens is 2. The van der Waals surface area contributed by atoms with E-state index >= 15 is 0 Å². The van der Waals surface area contributed by atoms with Crippen molar-refractivity contribution in [2.75, 3.05) is 12.3 Å². The second kappa shape index (κ2) is 5.75. The number of carbonyl (C=O) groups excluding carboxylic acids is 1. The molecule has 2 rings (SSSR count). The van der Waals surface area contributed by atoms with Crippen molar-refractivity contribution in [3.8, 4) is 0 Å². The van der Waals surface area contributed by atoms with E-state index in [1.54, 1.807) is 29.1 Å². The van der Waals surface area contributed by atoms with E-state index in [-0.39, 0.29) is 5.91 Å². The maximum absolute atomic E-state index is 11.9. The van der Waals surface area contributed by atoms with Crippen molar-refractivity contribution in [1.82, 2.24) is 15.1 Å². The molecule has 1 aromatic carbocycles. The number of halogens is 1. The first kappa shape index (κ1) is 13.4. The number of nitrogens with two attached hydrogens (primary N) is 1. The summed E-state index contributed by atoms with van der Waals surface area (Å²) in [6, 6.07) is 6.77. The highest BCUT2D eigenvalue weighted by Gasteiger charge is 2.07. The van der Waals surface area contributed by atoms with Crippen LogP contribution in [0.5, 0.6) is 0 Å². The summed E-state index contributed by atoms with van der Waals surface area (Å²) >= 11 is 5.88. The normalized spacial score (nSPS) is 10.4. The van der Waals surface area contributed by atoms with Crippen molar-refractivity contribution < 1.29 is 4.79 Å². The number of amides is 1. The molecule has 100 valence electrons. The number of nitrogens with one attached hydrogen (secondary N) is 1. The van der Waals surface area contributed by atoms with Gasteiger partial charge < -0.3 is 11.1 Å². The molecule has 19 heavy (non-hydrogen) atoms. The van der Waals surface area contributed by atoms with Crippen LogP contribution in [-0.2, 0) is 13.5 Å². The van der Waals surface area contributed by atoms with Crippen LogP contribution in [0.4, 0.5) is 5.69 Å². The van der Waals surface area contributed by atoms with E-state index in [0.717, 1.165) is 12.1 Å². The molecule has 1 heterocycles. The van der Waals surface area contributed by atoms with Crippen LogP contribution in [-0.4, -0.2) is 22.2 Å². The molecule has 1 aromatic heterocycles. The number of aryl methyl sites for hydroxylation is 1. The zero-order valence-electron chi connectivity index (χ0n) is 10.6. The van der Waals surface area contributed by atoms with Crippen LogP contribution in [0.1, 0.15) is 16.1 Å². The molecule has 3 N–H and O–H groups in total. The van der Waals surface area contributed by atoms with E-state index in [4.69, 9.17) is 17.3 Å². The lowest BCUT2D eigenvalue weighted by Crippen LogP contribution is -2.26. The Hall–Kier alpha value is -2.01. The van der Waals surface area contributed by atoms with Crippen molar-refractivity contribution >= 4 is 23.2 Å². The van der Waals surface area contributed by atoms with Gasteiger partial charge in [0.2, 0.25) is 0 Å². The van der Waals surface area contributed by atoms with Crippen molar-refractivity contribution in [2.24, 2.45) is 7.05 Å². The summed E-state index contributed by atoms with van der Waals surface area (Å²) in [4.78, 5) is 11.9. The van der Waals surface area contributed by atoms with Gasteiger partial charge in [-0.3, -0.25) is 9.48 Å². The first-order valence-electron chi connectivity index (χ1n) is 5.88. The van der Waals surface area contributed by atoms with Gasteiger partial charge in [0.25, 0.3) is 5.91 Å². The summed E-state index contributed by atoms with van der Waals surface area (Å²) in [6.07, 6.45) is 2.46. The van der Waals surface area contributed by atoms with E-state index in [2.05, 4.69) is 10.4 Å². The third-order valence-electron chi connectivity index (χ3n) is 2.85. The molecule has 0 bridgehead atoms. The second-order valence-electron chi connectivity index (χ2n) is 4.19. The Labute approximate surface area is 116 Å². The molecule has 0 aliphatic rings. The summed E-state index contributed by atoms with van der Waals surface area (Å²) in [7, 11) is 1.87. The number of hydrogen-bond donors (Lipinski definition) is 2. The topological polar surface area (TPSA) is 72.9 Å². The summed E-state index contributed by atoms with van der Waals surface area (Å²) < 4.78 is 1.78. The molecular formula is C13H15ClN4O. The Morgan fingerprint density at radius 2 is 2.26 bits per heavy atom. The summed E-state index contributed by atoms with van der Waals surface area (Å²) in [6.45, 7) is 0.542. The van der Waals surface area contributed by atoms with Crippen LogP contribution >= 0.6 is 11.6 Å². The molecule has 0 saturated heterocycles. The highest BCUT2D eigenvalue weighted by molar-refractivity contribution is 6.33. The minimum Gasteiger partial charge on any atom is -0.398 e. The van der Waals surface area contributed by atoms with Crippen LogP contribution in [0, 0.1) is 0 Å². The zero-order chi connectivity index (χ0) is 13.8. The number of hydrogen-bond acceptors (Lipinski definition) is 3. The number of nitrogen functional groups attached to an aromatic ring is 1. The molecule has 2 aromatic rings. The minimum atomic E-state index is -0.163. The predicted molar refractivity (Wildman–Crippen MR) is 75.1 cm³/mol. The first-order valence-corrected chi connectivity index (χ1v) is 6.26. The van der Waals surface area contributed by atoms with Gasteiger partial charge in [0.1, 0.15) is 0 Å². The van der Waals surface area contributed by atoms with Crippen molar-refractivity contribution in [3.63, 3.8) is 0 Å². The number of anilines is 1. The maximum Gasteiger partial charge on any atom is 0.251 e. The fraction of sp³-hybridized carbons (Fsp3) is 0.231. The molecule has 1 amide bonds. The van der Waals surface area contributed by atoms with Crippen LogP contribution < -0.4 is 11.1 Å². The highest BCUT2D eigenvalue weighted by Crippen LogP contribution is 2.19. The van der Waals surface area contributed by atoms with Crippen molar-refractivity contribution in [3.05, 3.63) is 46.7 Å². The third-order valence-corrected chi connectivity index (χ3v) is 3.18. The summed E-state index contributed by atoms with van der Waals surface area (Å²) in [5.41, 5.74) is 7.63. The van der Waals surface area contributed by atoms with Crippen molar-refractivity contribution in [2.45, 2.75) is 6.42 Å². The highest BCUT2D eigenvalue weighted by atomic mass is 35.5. The Kier molecular flexibility index (Phi) is 4.06. The molecular weight excluding hydrogens is 264 g/mol. The Balaban J connectivity index is 1.91. The monoisotopic (exact) mass is 278 g/mol. The fourth-order valence-corrected chi connectivity index (χ4v) is 1.90. The first-order chi connectivity index (χ1) is 9.08. The van der Waals surface area contributed by atoms with Crippen LogP contribution in [0.15, 0.2) is 30.5 Å². The van der Waals surface area contributed by atoms with E-state index in [0.29, 0.717) is 22.8 Å². The number of carbonyl (C=O) groups is 1. The van der Waals surface area contributed by atoms with Gasteiger partial charge in [0.05, 0.1) is 10.7 Å². The van der Waals surface area contributed by atoms with Gasteiger partial charge in [-0.25, -0.2) is 0 Å². The lowest BCUT2D eigenvalue weighted by Gasteiger charge is -2.06. The van der Waals surface area contributed by atoms with Crippen LogP contribution in [0.3, 0.4) is 0 Å². The van der Waals surface area contributed by atoms with E-state index in [1.165, 1.54) is 0 Å². The summed E-state index contributed by atoms with van der Waals surface area (Å²) in [5, 5.41) is 7.29. The lowest BCUT2D eigenvalue weighted by atomic mass is 10.2. The van der Waals surface area contributed by atoms with Gasteiger partial charge >= 0.3 is 0 Å². The zero-order valence-corrected chi connectivity index (χ0v) is 11.3. The van der Waals surface area contributed by atoms with Gasteiger partial charge in [-0.15, -0.1) is 0 Å². The van der Waals surface area contributed by atoms with E-state index < -0.39 is 0 Å². The second-order valence-corrected chi connectivity index (χ2v) is 4.60. The van der Waals surface area contributed by atoms with Gasteiger partial charge in [-0.1, -0.05) is 11.6 Å². The van der Waals surface area contributed by atoms with Gasteiger partial charge in [0, 0.05) is 37.5 Å². The fourth-order valence-electron chi connectivity index (χ4n) is 1.72. The Morgan fingerprint density at radius 1 is 1.47 bits per heavy atom. The molecule has 0 unspecified atom stereocenters. The van der Waals surface area contributed by atoms with Gasteiger partial charge in [-0.2, -0.15) is 5.10 Å². The molecule has 0 spiro atoms. The number of rotatable bonds is 4. The van der Waals surface area contributed by atoms with E-state index in [1.807, 2.05) is 13.1 Å². The van der Waals surface area contributed by atoms with Gasteiger partial charge in [-0.05, 0) is 24.3 Å². The number of benzene rings is 1. The van der Waals surface area contributed by atoms with Crippen LogP contribution in [0.25, 0.3) is 0 Å². The maximum atomic E-state index is 11.9. The molecule has 5 nitrogen and oxygen atoms in total. The quantitative estimate of drug-likeness (QED) is 0.835. The summed E-state index contributed by atoms with van der Waals surface area (Å²) in [5.74, 6) is -0.163. The SMILES string of the molecule is Cn1nccc1CCNC(=O)c1ccc(N)c(Cl)c1. The standard InChI is InChI=1S/C13H15ClN4O/c1-18-10(5-7-17-18)4-6-16-13(19)9-2-3-12(15)11(14)8-9/h2-3,5,7-8H,4,6,15H2,1H3,(H,16,19). The van der Waals surface area contributed by atoms with Gasteiger partial charge in [0.15, 0.2) is 0 Å². The molecule has 0 aliphatic heterocycles. The van der Waals surface area contributed by atoms with E-state index in [9.17, 15) is 4.79 Å². The molecule has 0 radical (unpaired) electrons. The Bertz CT molecular complexity index is 594. The molecule has 6 heteroatoms. The average Bonchev–Trinajstić information content (AvgIpc) is 2.78. The predicted octanol–water partition coefficient (Wildman–Crippen LogP) is 1.63. The lowest BCUT2D eigenvalue weighted by molar-refractivity contribution is 0.0954. The molecule has 0 atom stereocenters. The largest absolute Gasteiger partial charge is 0.398 e. The van der Waals surface area contributed by atoms with Crippen molar-refractivity contribution in [1.29, 1.82) is 0 Å².